The van der Waals surface area contributed by atoms with Crippen molar-refractivity contribution in [3.63, 3.8) is 0 Å². The Morgan fingerprint density at radius 2 is 1.74 bits per heavy atom. The van der Waals surface area contributed by atoms with Crippen LogP contribution in [0.3, 0.4) is 0 Å². The van der Waals surface area contributed by atoms with Crippen LogP contribution < -0.4 is 0 Å². The maximum atomic E-state index is 13.0. The number of aromatic nitrogens is 1. The number of rotatable bonds is 6. The highest BCUT2D eigenvalue weighted by molar-refractivity contribution is 6.46. The van der Waals surface area contributed by atoms with Crippen LogP contribution in [0.1, 0.15) is 23.6 Å². The summed E-state index contributed by atoms with van der Waals surface area (Å²) in [5.74, 6) is -1.48. The summed E-state index contributed by atoms with van der Waals surface area (Å²) in [5.41, 5.74) is 1.26. The molecule has 1 N–H and O–H groups in total. The molecule has 1 aromatic heterocycles. The highest BCUT2D eigenvalue weighted by Gasteiger charge is 2.45. The Hall–Kier alpha value is -2.74. The number of morpholine rings is 1. The van der Waals surface area contributed by atoms with Crippen LogP contribution in [0.2, 0.25) is 5.02 Å². The van der Waals surface area contributed by atoms with E-state index in [9.17, 15) is 14.7 Å². The molecule has 0 spiro atoms. The molecule has 162 valence electrons. The van der Waals surface area contributed by atoms with Gasteiger partial charge in [-0.2, -0.15) is 0 Å². The van der Waals surface area contributed by atoms with Crippen LogP contribution in [0.25, 0.3) is 5.76 Å². The number of ketones is 1. The van der Waals surface area contributed by atoms with E-state index < -0.39 is 17.7 Å². The average Bonchev–Trinajstić information content (AvgIpc) is 3.05. The fourth-order valence-electron chi connectivity index (χ4n) is 4.06. The number of aliphatic hydroxyl groups is 1. The van der Waals surface area contributed by atoms with Crippen molar-refractivity contribution in [1.82, 2.24) is 14.8 Å². The van der Waals surface area contributed by atoms with Crippen LogP contribution in [0.15, 0.2) is 54.4 Å². The molecule has 8 heteroatoms. The van der Waals surface area contributed by atoms with E-state index in [-0.39, 0.29) is 11.3 Å². The van der Waals surface area contributed by atoms with Crippen molar-refractivity contribution < 1.29 is 19.4 Å². The molecular formula is C23H24ClN3O4. The molecule has 0 saturated carbocycles. The number of pyridine rings is 1. The summed E-state index contributed by atoms with van der Waals surface area (Å²) in [5, 5.41) is 11.5. The third-order valence-corrected chi connectivity index (χ3v) is 5.91. The third kappa shape index (κ3) is 4.63. The number of Topliss-reactive ketones (excluding diaryl/α,β-unsaturated/α-hetero) is 1. The first-order chi connectivity index (χ1) is 15.1. The number of benzene rings is 1. The zero-order valence-corrected chi connectivity index (χ0v) is 17.8. The van der Waals surface area contributed by atoms with Gasteiger partial charge >= 0.3 is 0 Å². The Kier molecular flexibility index (Phi) is 6.65. The molecule has 31 heavy (non-hydrogen) atoms. The largest absolute Gasteiger partial charge is 0.507 e. The van der Waals surface area contributed by atoms with Gasteiger partial charge in [-0.05, 0) is 48.4 Å². The molecule has 2 saturated heterocycles. The van der Waals surface area contributed by atoms with E-state index in [4.69, 9.17) is 16.3 Å². The van der Waals surface area contributed by atoms with E-state index in [2.05, 4.69) is 9.88 Å². The van der Waals surface area contributed by atoms with Gasteiger partial charge in [-0.15, -0.1) is 0 Å². The van der Waals surface area contributed by atoms with Gasteiger partial charge in [-0.25, -0.2) is 0 Å². The van der Waals surface area contributed by atoms with Crippen LogP contribution in [0.4, 0.5) is 0 Å². The maximum absolute atomic E-state index is 13.0. The molecule has 0 bridgehead atoms. The molecule has 3 heterocycles. The standard InChI is InChI=1S/C23H24ClN3O4/c24-18-4-2-17(3-5-18)21(28)19-20(16-6-8-25-9-7-16)27(23(30)22(19)29)11-1-10-26-12-14-31-15-13-26/h2-9,20,28H,1,10-15H2/t20-/m0/s1. The van der Waals surface area contributed by atoms with Crippen LogP contribution in [-0.2, 0) is 14.3 Å². The molecule has 7 nitrogen and oxygen atoms in total. The van der Waals surface area contributed by atoms with Gasteiger partial charge in [0.15, 0.2) is 0 Å². The van der Waals surface area contributed by atoms with Gasteiger partial charge in [-0.1, -0.05) is 11.6 Å². The Labute approximate surface area is 185 Å². The normalized spacial score (nSPS) is 21.6. The van der Waals surface area contributed by atoms with Crippen molar-refractivity contribution in [1.29, 1.82) is 0 Å². The van der Waals surface area contributed by atoms with Gasteiger partial charge in [0.25, 0.3) is 11.7 Å². The highest BCUT2D eigenvalue weighted by Crippen LogP contribution is 2.39. The first kappa shape index (κ1) is 21.5. The van der Waals surface area contributed by atoms with Crippen molar-refractivity contribution in [3.05, 3.63) is 70.5 Å². The Morgan fingerprint density at radius 3 is 2.42 bits per heavy atom. The summed E-state index contributed by atoms with van der Waals surface area (Å²) in [6, 6.07) is 9.40. The van der Waals surface area contributed by atoms with Crippen molar-refractivity contribution in [2.24, 2.45) is 0 Å². The van der Waals surface area contributed by atoms with E-state index in [1.165, 1.54) is 0 Å². The van der Waals surface area contributed by atoms with Crippen LogP contribution >= 0.6 is 11.6 Å². The number of halogens is 1. The minimum absolute atomic E-state index is 0.0879. The number of amides is 1. The Bertz CT molecular complexity index is 972. The van der Waals surface area contributed by atoms with E-state index in [1.807, 2.05) is 0 Å². The number of carbonyl (C=O) groups excluding carboxylic acids is 2. The number of hydrogen-bond acceptors (Lipinski definition) is 6. The highest BCUT2D eigenvalue weighted by atomic mass is 35.5. The molecule has 0 radical (unpaired) electrons. The fraction of sp³-hybridized carbons (Fsp3) is 0.348. The van der Waals surface area contributed by atoms with Crippen molar-refractivity contribution in [3.8, 4) is 0 Å². The number of aliphatic hydroxyl groups excluding tert-OH is 1. The lowest BCUT2D eigenvalue weighted by molar-refractivity contribution is -0.140. The molecule has 2 aromatic rings. The molecule has 1 aromatic carbocycles. The first-order valence-corrected chi connectivity index (χ1v) is 10.7. The van der Waals surface area contributed by atoms with E-state index in [0.29, 0.717) is 30.3 Å². The smallest absolute Gasteiger partial charge is 0.295 e. The van der Waals surface area contributed by atoms with E-state index >= 15 is 0 Å². The zero-order valence-electron chi connectivity index (χ0n) is 17.0. The first-order valence-electron chi connectivity index (χ1n) is 10.3. The molecule has 2 fully saturated rings. The van der Waals surface area contributed by atoms with Crippen molar-refractivity contribution >= 4 is 29.1 Å². The lowest BCUT2D eigenvalue weighted by atomic mass is 9.96. The van der Waals surface area contributed by atoms with Gasteiger partial charge in [0.2, 0.25) is 0 Å². The molecule has 0 aliphatic carbocycles. The monoisotopic (exact) mass is 441 g/mol. The van der Waals surface area contributed by atoms with Crippen molar-refractivity contribution in [2.75, 3.05) is 39.4 Å². The number of likely N-dealkylation sites (tertiary alicyclic amines) is 1. The van der Waals surface area contributed by atoms with Crippen LogP contribution in [0, 0.1) is 0 Å². The zero-order chi connectivity index (χ0) is 21.8. The Morgan fingerprint density at radius 1 is 1.06 bits per heavy atom. The van der Waals surface area contributed by atoms with Gasteiger partial charge in [0.1, 0.15) is 5.76 Å². The van der Waals surface area contributed by atoms with E-state index in [0.717, 1.165) is 31.6 Å². The molecule has 0 unspecified atom stereocenters. The predicted octanol–water partition coefficient (Wildman–Crippen LogP) is 2.88. The molecule has 2 aliphatic rings. The lowest BCUT2D eigenvalue weighted by Crippen LogP contribution is -2.38. The third-order valence-electron chi connectivity index (χ3n) is 5.66. The summed E-state index contributed by atoms with van der Waals surface area (Å²) >= 11 is 5.95. The number of hydrogen-bond donors (Lipinski definition) is 1. The molecular weight excluding hydrogens is 418 g/mol. The van der Waals surface area contributed by atoms with Crippen LogP contribution in [-0.4, -0.2) is 71.0 Å². The number of carbonyl (C=O) groups is 2. The predicted molar refractivity (Wildman–Crippen MR) is 117 cm³/mol. The van der Waals surface area contributed by atoms with Gasteiger partial charge in [0.05, 0.1) is 24.8 Å². The van der Waals surface area contributed by atoms with E-state index in [1.54, 1.807) is 53.7 Å². The summed E-state index contributed by atoms with van der Waals surface area (Å²) < 4.78 is 5.38. The topological polar surface area (TPSA) is 83.0 Å². The van der Waals surface area contributed by atoms with Crippen LogP contribution in [0.5, 0.6) is 0 Å². The minimum Gasteiger partial charge on any atom is -0.507 e. The summed E-state index contributed by atoms with van der Waals surface area (Å²) in [6.45, 7) is 4.37. The Balaban J connectivity index is 1.64. The average molecular weight is 442 g/mol. The van der Waals surface area contributed by atoms with Gasteiger partial charge in [-0.3, -0.25) is 19.5 Å². The molecule has 2 aliphatic heterocycles. The molecule has 1 amide bonds. The molecule has 1 atom stereocenters. The summed E-state index contributed by atoms with van der Waals surface area (Å²) in [6.07, 6.45) is 3.95. The number of nitrogens with zero attached hydrogens (tertiary/aromatic N) is 3. The SMILES string of the molecule is O=C1C(=O)N(CCCN2CCOCC2)[C@@H](c2ccncc2)C1=C(O)c1ccc(Cl)cc1. The summed E-state index contributed by atoms with van der Waals surface area (Å²) in [4.78, 5) is 33.8. The second-order valence-electron chi connectivity index (χ2n) is 7.59. The number of ether oxygens (including phenoxy) is 1. The minimum atomic E-state index is -0.680. The second kappa shape index (κ2) is 9.60. The van der Waals surface area contributed by atoms with Gasteiger partial charge < -0.3 is 14.7 Å². The second-order valence-corrected chi connectivity index (χ2v) is 8.02. The van der Waals surface area contributed by atoms with Gasteiger partial charge in [0, 0.05) is 49.2 Å². The van der Waals surface area contributed by atoms with Crippen molar-refractivity contribution in [2.45, 2.75) is 12.5 Å². The molecule has 4 rings (SSSR count). The lowest BCUT2D eigenvalue weighted by Gasteiger charge is -2.29. The fourth-order valence-corrected chi connectivity index (χ4v) is 4.18. The quantitative estimate of drug-likeness (QED) is 0.421. The maximum Gasteiger partial charge on any atom is 0.295 e. The summed E-state index contributed by atoms with van der Waals surface area (Å²) in [7, 11) is 0.